The van der Waals surface area contributed by atoms with Crippen molar-refractivity contribution in [2.75, 3.05) is 33.4 Å². The van der Waals surface area contributed by atoms with Crippen molar-refractivity contribution in [3.63, 3.8) is 0 Å². The van der Waals surface area contributed by atoms with Gasteiger partial charge in [-0.05, 0) is 37.0 Å². The van der Waals surface area contributed by atoms with Crippen molar-refractivity contribution >= 4 is 21.8 Å². The monoisotopic (exact) mass is 530 g/mol. The van der Waals surface area contributed by atoms with Gasteiger partial charge >= 0.3 is 0 Å². The molecule has 1 aromatic heterocycles. The number of aliphatic hydroxyl groups excluding tert-OH is 2. The first-order chi connectivity index (χ1) is 17.6. The molecule has 0 radical (unpaired) electrons. The Kier molecular flexibility index (Phi) is 7.38. The van der Waals surface area contributed by atoms with Gasteiger partial charge < -0.3 is 20.4 Å². The molecular weight excluding hydrogens is 500 g/mol. The zero-order valence-electron chi connectivity index (χ0n) is 20.7. The number of fused-ring (bicyclic) bond motifs is 1. The first-order valence-corrected chi connectivity index (χ1v) is 13.3. The van der Waals surface area contributed by atoms with Gasteiger partial charge in [-0.3, -0.25) is 14.3 Å². The fourth-order valence-corrected chi connectivity index (χ4v) is 6.71. The maximum absolute atomic E-state index is 13.4. The zero-order chi connectivity index (χ0) is 27.0. The van der Waals surface area contributed by atoms with E-state index in [0.717, 1.165) is 9.87 Å². The maximum Gasteiger partial charge on any atom is 0.272 e. The van der Waals surface area contributed by atoms with Gasteiger partial charge in [-0.25, -0.2) is 8.42 Å². The Morgan fingerprint density at radius 2 is 1.92 bits per heavy atom. The predicted octanol–water partition coefficient (Wildman–Crippen LogP) is -0.633. The lowest BCUT2D eigenvalue weighted by Gasteiger charge is -2.34. The smallest absolute Gasteiger partial charge is 0.272 e. The van der Waals surface area contributed by atoms with E-state index in [-0.39, 0.29) is 31.0 Å². The van der Waals surface area contributed by atoms with Crippen molar-refractivity contribution < 1.29 is 28.2 Å². The highest BCUT2D eigenvalue weighted by atomic mass is 32.2. The molecule has 2 amide bonds. The number of aromatic nitrogens is 2. The number of nitrogens with one attached hydrogen (secondary N) is 1. The molecular formula is C24H30N6O6S. The molecule has 13 heteroatoms. The van der Waals surface area contributed by atoms with E-state index in [0.29, 0.717) is 30.4 Å². The van der Waals surface area contributed by atoms with Gasteiger partial charge in [-0.2, -0.15) is 14.7 Å². The van der Waals surface area contributed by atoms with E-state index in [9.17, 15) is 28.2 Å². The minimum atomic E-state index is -3.89. The second kappa shape index (κ2) is 10.2. The van der Waals surface area contributed by atoms with E-state index in [1.165, 1.54) is 16.6 Å². The normalized spacial score (nSPS) is 16.6. The van der Waals surface area contributed by atoms with Gasteiger partial charge in [0.15, 0.2) is 5.69 Å². The molecule has 1 aliphatic carbocycles. The fourth-order valence-electron chi connectivity index (χ4n) is 4.64. The largest absolute Gasteiger partial charge is 0.395 e. The summed E-state index contributed by atoms with van der Waals surface area (Å²) in [6.45, 7) is -0.587. The topological polar surface area (TPSA) is 169 Å². The summed E-state index contributed by atoms with van der Waals surface area (Å²) in [5.74, 6) is -0.822. The van der Waals surface area contributed by atoms with Crippen LogP contribution < -0.4 is 5.32 Å². The Morgan fingerprint density at radius 1 is 1.27 bits per heavy atom. The number of rotatable bonds is 10. The summed E-state index contributed by atoms with van der Waals surface area (Å²) >= 11 is 0. The van der Waals surface area contributed by atoms with Crippen molar-refractivity contribution in [1.29, 1.82) is 5.26 Å². The quantitative estimate of drug-likeness (QED) is 0.365. The standard InChI is InChI=1S/C24H30N6O6S/c1-28-21-19(20(27-28)22(33)26-12-17-5-3-16(11-25)4-6-17)7-10-30(23(21)34)15-24(8-9-24)37(35,36)29(2)18(13-31)14-32/h3-6,18,31-32H,7-10,12-15H2,1-2H3,(H,26,33). The number of amides is 2. The molecule has 0 unspecified atom stereocenters. The number of carbonyl (C=O) groups excluding carboxylic acids is 2. The highest BCUT2D eigenvalue weighted by Gasteiger charge is 2.58. The summed E-state index contributed by atoms with van der Waals surface area (Å²) < 4.78 is 27.7. The fraction of sp³-hybridized carbons (Fsp3) is 0.500. The van der Waals surface area contributed by atoms with Crippen LogP contribution in [0.5, 0.6) is 0 Å². The molecule has 1 aliphatic heterocycles. The van der Waals surface area contributed by atoms with Crippen molar-refractivity contribution in [2.24, 2.45) is 7.05 Å². The van der Waals surface area contributed by atoms with E-state index in [4.69, 9.17) is 5.26 Å². The maximum atomic E-state index is 13.4. The number of carbonyl (C=O) groups is 2. The van der Waals surface area contributed by atoms with Crippen LogP contribution in [0.1, 0.15) is 50.5 Å². The molecule has 2 aliphatic rings. The van der Waals surface area contributed by atoms with Gasteiger partial charge in [0.2, 0.25) is 10.0 Å². The average molecular weight is 531 g/mol. The van der Waals surface area contributed by atoms with Crippen LogP contribution in [0.25, 0.3) is 0 Å². The van der Waals surface area contributed by atoms with Crippen molar-refractivity contribution in [3.05, 3.63) is 52.3 Å². The summed E-state index contributed by atoms with van der Waals surface area (Å²) in [5, 5.41) is 34.9. The molecule has 37 heavy (non-hydrogen) atoms. The summed E-state index contributed by atoms with van der Waals surface area (Å²) in [7, 11) is -0.995. The van der Waals surface area contributed by atoms with Crippen LogP contribution >= 0.6 is 0 Å². The van der Waals surface area contributed by atoms with Gasteiger partial charge in [0, 0.05) is 39.3 Å². The SMILES string of the molecule is CN(C(CO)CO)S(=O)(=O)C1(CN2CCc3c(C(=O)NCc4ccc(C#N)cc4)nn(C)c3C2=O)CC1. The Balaban J connectivity index is 1.48. The van der Waals surface area contributed by atoms with Gasteiger partial charge in [-0.1, -0.05) is 12.1 Å². The van der Waals surface area contributed by atoms with E-state index in [1.54, 1.807) is 31.3 Å². The number of benzene rings is 1. The summed E-state index contributed by atoms with van der Waals surface area (Å²) in [5.41, 5.74) is 2.25. The summed E-state index contributed by atoms with van der Waals surface area (Å²) in [6, 6.07) is 7.91. The number of aryl methyl sites for hydroxylation is 1. The van der Waals surface area contributed by atoms with E-state index < -0.39 is 45.8 Å². The lowest BCUT2D eigenvalue weighted by Crippen LogP contribution is -2.52. The summed E-state index contributed by atoms with van der Waals surface area (Å²) in [4.78, 5) is 27.8. The third-order valence-electron chi connectivity index (χ3n) is 7.17. The first kappa shape index (κ1) is 26.7. The second-order valence-electron chi connectivity index (χ2n) is 9.49. The molecule has 0 saturated heterocycles. The minimum Gasteiger partial charge on any atom is -0.395 e. The minimum absolute atomic E-state index is 0.0209. The Bertz CT molecular complexity index is 1340. The number of sulfonamides is 1. The van der Waals surface area contributed by atoms with E-state index in [2.05, 4.69) is 10.4 Å². The third kappa shape index (κ3) is 4.85. The molecule has 0 atom stereocenters. The molecule has 2 heterocycles. The van der Waals surface area contributed by atoms with Crippen LogP contribution in [-0.4, -0.2) is 93.6 Å². The second-order valence-corrected chi connectivity index (χ2v) is 11.9. The van der Waals surface area contributed by atoms with Crippen LogP contribution in [0.2, 0.25) is 0 Å². The molecule has 1 aromatic carbocycles. The average Bonchev–Trinajstić information content (AvgIpc) is 3.61. The number of likely N-dealkylation sites (N-methyl/N-ethyl adjacent to an activating group) is 1. The van der Waals surface area contributed by atoms with Gasteiger partial charge in [0.25, 0.3) is 11.8 Å². The third-order valence-corrected chi connectivity index (χ3v) is 9.85. The first-order valence-electron chi connectivity index (χ1n) is 11.9. The Morgan fingerprint density at radius 3 is 2.49 bits per heavy atom. The van der Waals surface area contributed by atoms with Gasteiger partial charge in [0.05, 0.1) is 30.9 Å². The van der Waals surface area contributed by atoms with Crippen LogP contribution in [0.15, 0.2) is 24.3 Å². The van der Waals surface area contributed by atoms with Crippen LogP contribution in [0.4, 0.5) is 0 Å². The molecule has 1 saturated carbocycles. The number of hydrogen-bond donors (Lipinski definition) is 3. The van der Waals surface area contributed by atoms with E-state index in [1.807, 2.05) is 6.07 Å². The predicted molar refractivity (Wildman–Crippen MR) is 132 cm³/mol. The lowest BCUT2D eigenvalue weighted by molar-refractivity contribution is 0.0722. The van der Waals surface area contributed by atoms with Crippen LogP contribution in [-0.2, 0) is 30.0 Å². The highest BCUT2D eigenvalue weighted by molar-refractivity contribution is 7.90. The summed E-state index contributed by atoms with van der Waals surface area (Å²) in [6.07, 6.45) is 1.08. The highest BCUT2D eigenvalue weighted by Crippen LogP contribution is 2.46. The number of nitriles is 1. The molecule has 1 fully saturated rings. The molecule has 0 spiro atoms. The number of aliphatic hydroxyl groups is 2. The number of hydrogen-bond acceptors (Lipinski definition) is 8. The van der Waals surface area contributed by atoms with Crippen molar-refractivity contribution in [1.82, 2.24) is 24.3 Å². The lowest BCUT2D eigenvalue weighted by atomic mass is 10.0. The van der Waals surface area contributed by atoms with E-state index >= 15 is 0 Å². The molecule has 2 aromatic rings. The van der Waals surface area contributed by atoms with Crippen LogP contribution in [0.3, 0.4) is 0 Å². The molecule has 3 N–H and O–H groups in total. The molecule has 198 valence electrons. The Hall–Kier alpha value is -3.31. The van der Waals surface area contributed by atoms with Crippen molar-refractivity contribution in [3.8, 4) is 6.07 Å². The number of nitrogens with zero attached hydrogens (tertiary/aromatic N) is 5. The molecule has 12 nitrogen and oxygen atoms in total. The molecule has 4 rings (SSSR count). The van der Waals surface area contributed by atoms with Crippen LogP contribution in [0, 0.1) is 11.3 Å². The van der Waals surface area contributed by atoms with Gasteiger partial charge in [-0.15, -0.1) is 0 Å². The van der Waals surface area contributed by atoms with Gasteiger partial charge in [0.1, 0.15) is 10.4 Å². The Labute approximate surface area is 215 Å². The molecule has 0 bridgehead atoms. The van der Waals surface area contributed by atoms with Crippen molar-refractivity contribution in [2.45, 2.75) is 36.6 Å². The zero-order valence-corrected chi connectivity index (χ0v) is 21.5.